The van der Waals surface area contributed by atoms with Gasteiger partial charge in [0.1, 0.15) is 0 Å². The molecule has 4 nitrogen and oxygen atoms in total. The summed E-state index contributed by atoms with van der Waals surface area (Å²) in [5.74, 6) is -0.318. The van der Waals surface area contributed by atoms with Gasteiger partial charge in [-0.25, -0.2) is 0 Å². The van der Waals surface area contributed by atoms with Crippen molar-refractivity contribution in [1.82, 2.24) is 10.3 Å². The standard InChI is InChI=1S/C10H13ClN2O2/c1-10(2,6-14)13-9(15)7-3-4-12-5-8(7)11/h3-5,14H,6H2,1-2H3,(H,13,15). The first-order valence-corrected chi connectivity index (χ1v) is 4.87. The van der Waals surface area contributed by atoms with Crippen molar-refractivity contribution in [2.45, 2.75) is 19.4 Å². The second-order valence-electron chi connectivity index (χ2n) is 3.85. The molecule has 0 saturated heterocycles. The molecule has 0 aliphatic heterocycles. The van der Waals surface area contributed by atoms with Crippen LogP contribution in [-0.4, -0.2) is 28.1 Å². The topological polar surface area (TPSA) is 62.2 Å². The highest BCUT2D eigenvalue weighted by Gasteiger charge is 2.21. The van der Waals surface area contributed by atoms with Crippen molar-refractivity contribution >= 4 is 17.5 Å². The number of hydrogen-bond acceptors (Lipinski definition) is 3. The molecule has 1 amide bonds. The van der Waals surface area contributed by atoms with Crippen LogP contribution in [0.2, 0.25) is 5.02 Å². The van der Waals surface area contributed by atoms with Gasteiger partial charge in [0.2, 0.25) is 0 Å². The number of nitrogens with one attached hydrogen (secondary N) is 1. The third kappa shape index (κ3) is 3.18. The quantitative estimate of drug-likeness (QED) is 0.818. The molecule has 0 saturated carbocycles. The number of amides is 1. The average molecular weight is 229 g/mol. The second-order valence-corrected chi connectivity index (χ2v) is 4.26. The maximum Gasteiger partial charge on any atom is 0.253 e. The van der Waals surface area contributed by atoms with E-state index in [1.807, 2.05) is 0 Å². The highest BCUT2D eigenvalue weighted by molar-refractivity contribution is 6.33. The minimum absolute atomic E-state index is 0.137. The van der Waals surface area contributed by atoms with Gasteiger partial charge in [0, 0.05) is 12.4 Å². The van der Waals surface area contributed by atoms with Crippen LogP contribution in [0.1, 0.15) is 24.2 Å². The molecule has 0 bridgehead atoms. The third-order valence-electron chi connectivity index (χ3n) is 1.86. The van der Waals surface area contributed by atoms with E-state index in [0.29, 0.717) is 10.6 Å². The van der Waals surface area contributed by atoms with E-state index in [1.54, 1.807) is 13.8 Å². The summed E-state index contributed by atoms with van der Waals surface area (Å²) < 4.78 is 0. The van der Waals surface area contributed by atoms with E-state index in [9.17, 15) is 4.79 Å². The predicted octanol–water partition coefficient (Wildman–Crippen LogP) is 1.24. The van der Waals surface area contributed by atoms with Crippen LogP contribution < -0.4 is 5.32 Å². The first kappa shape index (κ1) is 11.9. The van der Waals surface area contributed by atoms with Crippen LogP contribution in [0, 0.1) is 0 Å². The van der Waals surface area contributed by atoms with Crippen LogP contribution >= 0.6 is 11.6 Å². The van der Waals surface area contributed by atoms with Crippen LogP contribution in [-0.2, 0) is 0 Å². The van der Waals surface area contributed by atoms with Gasteiger partial charge in [-0.3, -0.25) is 9.78 Å². The SMILES string of the molecule is CC(C)(CO)NC(=O)c1ccncc1Cl. The van der Waals surface area contributed by atoms with Gasteiger partial charge in [-0.05, 0) is 19.9 Å². The number of rotatable bonds is 3. The molecule has 1 rings (SSSR count). The summed E-state index contributed by atoms with van der Waals surface area (Å²) >= 11 is 5.81. The Morgan fingerprint density at radius 1 is 1.67 bits per heavy atom. The van der Waals surface area contributed by atoms with Crippen LogP contribution in [0.5, 0.6) is 0 Å². The lowest BCUT2D eigenvalue weighted by molar-refractivity contribution is 0.0869. The van der Waals surface area contributed by atoms with Gasteiger partial charge < -0.3 is 10.4 Å². The maximum absolute atomic E-state index is 11.7. The van der Waals surface area contributed by atoms with Crippen LogP contribution in [0.4, 0.5) is 0 Å². The van der Waals surface area contributed by atoms with Crippen molar-refractivity contribution in [3.8, 4) is 0 Å². The number of carbonyl (C=O) groups is 1. The molecule has 2 N–H and O–H groups in total. The zero-order valence-corrected chi connectivity index (χ0v) is 9.38. The van der Waals surface area contributed by atoms with Crippen LogP contribution in [0.15, 0.2) is 18.5 Å². The molecule has 0 unspecified atom stereocenters. The van der Waals surface area contributed by atoms with Crippen LogP contribution in [0.25, 0.3) is 0 Å². The fraction of sp³-hybridized carbons (Fsp3) is 0.400. The molecule has 1 aromatic rings. The molecule has 0 aromatic carbocycles. The second kappa shape index (κ2) is 4.59. The van der Waals surface area contributed by atoms with Crippen molar-refractivity contribution in [3.05, 3.63) is 29.0 Å². The Morgan fingerprint density at radius 3 is 2.87 bits per heavy atom. The Hall–Kier alpha value is -1.13. The highest BCUT2D eigenvalue weighted by atomic mass is 35.5. The van der Waals surface area contributed by atoms with E-state index in [-0.39, 0.29) is 12.5 Å². The summed E-state index contributed by atoms with van der Waals surface area (Å²) in [6.07, 6.45) is 2.90. The number of pyridine rings is 1. The Bertz CT molecular complexity index is 366. The number of hydrogen-bond donors (Lipinski definition) is 2. The summed E-state index contributed by atoms with van der Waals surface area (Å²) in [5, 5.41) is 12.0. The van der Waals surface area contributed by atoms with Gasteiger partial charge in [0.05, 0.1) is 22.7 Å². The van der Waals surface area contributed by atoms with Gasteiger partial charge in [-0.1, -0.05) is 11.6 Å². The minimum Gasteiger partial charge on any atom is -0.394 e. The molecule has 0 aliphatic rings. The molecule has 0 atom stereocenters. The normalized spacial score (nSPS) is 11.2. The van der Waals surface area contributed by atoms with E-state index >= 15 is 0 Å². The van der Waals surface area contributed by atoms with Crippen molar-refractivity contribution < 1.29 is 9.90 Å². The Balaban J connectivity index is 2.83. The number of nitrogens with zero attached hydrogens (tertiary/aromatic N) is 1. The van der Waals surface area contributed by atoms with Crippen molar-refractivity contribution in [2.75, 3.05) is 6.61 Å². The molecule has 0 radical (unpaired) electrons. The smallest absolute Gasteiger partial charge is 0.253 e. The largest absolute Gasteiger partial charge is 0.394 e. The lowest BCUT2D eigenvalue weighted by Crippen LogP contribution is -2.46. The lowest BCUT2D eigenvalue weighted by Gasteiger charge is -2.23. The summed E-state index contributed by atoms with van der Waals surface area (Å²) in [7, 11) is 0. The Morgan fingerprint density at radius 2 is 2.33 bits per heavy atom. The Kier molecular flexibility index (Phi) is 3.66. The first-order chi connectivity index (χ1) is 6.96. The molecule has 82 valence electrons. The van der Waals surface area contributed by atoms with Crippen LogP contribution in [0.3, 0.4) is 0 Å². The van der Waals surface area contributed by atoms with E-state index in [1.165, 1.54) is 18.5 Å². The number of aliphatic hydroxyl groups excluding tert-OH is 1. The number of aromatic nitrogens is 1. The van der Waals surface area contributed by atoms with Crippen molar-refractivity contribution in [1.29, 1.82) is 0 Å². The van der Waals surface area contributed by atoms with Crippen molar-refractivity contribution in [2.24, 2.45) is 0 Å². The maximum atomic E-state index is 11.7. The fourth-order valence-corrected chi connectivity index (χ4v) is 1.18. The molecular formula is C10H13ClN2O2. The van der Waals surface area contributed by atoms with Gasteiger partial charge in [-0.2, -0.15) is 0 Å². The number of carbonyl (C=O) groups excluding carboxylic acids is 1. The molecule has 15 heavy (non-hydrogen) atoms. The molecule has 0 aliphatic carbocycles. The first-order valence-electron chi connectivity index (χ1n) is 4.49. The minimum atomic E-state index is -0.663. The molecular weight excluding hydrogens is 216 g/mol. The third-order valence-corrected chi connectivity index (χ3v) is 2.17. The van der Waals surface area contributed by atoms with E-state index < -0.39 is 5.54 Å². The van der Waals surface area contributed by atoms with Gasteiger partial charge in [0.15, 0.2) is 0 Å². The van der Waals surface area contributed by atoms with E-state index in [2.05, 4.69) is 10.3 Å². The summed E-state index contributed by atoms with van der Waals surface area (Å²) in [5.41, 5.74) is -0.308. The zero-order chi connectivity index (χ0) is 11.5. The van der Waals surface area contributed by atoms with E-state index in [4.69, 9.17) is 16.7 Å². The summed E-state index contributed by atoms with van der Waals surface area (Å²) in [6.45, 7) is 3.31. The summed E-state index contributed by atoms with van der Waals surface area (Å²) in [4.78, 5) is 15.5. The zero-order valence-electron chi connectivity index (χ0n) is 8.62. The summed E-state index contributed by atoms with van der Waals surface area (Å²) in [6, 6.07) is 1.53. The number of halogens is 1. The van der Waals surface area contributed by atoms with Gasteiger partial charge in [0.25, 0.3) is 5.91 Å². The lowest BCUT2D eigenvalue weighted by atomic mass is 10.1. The predicted molar refractivity (Wildman–Crippen MR) is 57.9 cm³/mol. The average Bonchev–Trinajstić information content (AvgIpc) is 2.17. The van der Waals surface area contributed by atoms with Gasteiger partial charge >= 0.3 is 0 Å². The molecule has 5 heteroatoms. The molecule has 0 spiro atoms. The fourth-order valence-electron chi connectivity index (χ4n) is 0.974. The Labute approximate surface area is 93.3 Å². The van der Waals surface area contributed by atoms with Gasteiger partial charge in [-0.15, -0.1) is 0 Å². The number of aliphatic hydroxyl groups is 1. The molecule has 1 aromatic heterocycles. The molecule has 0 fully saturated rings. The highest BCUT2D eigenvalue weighted by Crippen LogP contribution is 2.14. The van der Waals surface area contributed by atoms with Crippen molar-refractivity contribution in [3.63, 3.8) is 0 Å². The molecule has 1 heterocycles. The monoisotopic (exact) mass is 228 g/mol. The van der Waals surface area contributed by atoms with E-state index in [0.717, 1.165) is 0 Å².